The largest absolute Gasteiger partial charge is 0.481 e. The minimum atomic E-state index is -0.860. The van der Waals surface area contributed by atoms with Gasteiger partial charge in [0.2, 0.25) is 5.91 Å². The van der Waals surface area contributed by atoms with Gasteiger partial charge in [0.1, 0.15) is 0 Å². The number of carboxylic acids is 1. The number of carbonyl (C=O) groups excluding carboxylic acids is 2. The summed E-state index contributed by atoms with van der Waals surface area (Å²) in [5, 5.41) is 13.5. The summed E-state index contributed by atoms with van der Waals surface area (Å²) in [6, 6.07) is -0.634. The Morgan fingerprint density at radius 2 is 2.05 bits per heavy atom. The van der Waals surface area contributed by atoms with Gasteiger partial charge in [-0.3, -0.25) is 19.8 Å². The van der Waals surface area contributed by atoms with Crippen molar-refractivity contribution in [1.29, 1.82) is 0 Å². The van der Waals surface area contributed by atoms with E-state index in [4.69, 9.17) is 5.11 Å². The van der Waals surface area contributed by atoms with E-state index in [0.29, 0.717) is 13.1 Å². The van der Waals surface area contributed by atoms with Crippen molar-refractivity contribution in [1.82, 2.24) is 15.5 Å². The lowest BCUT2D eigenvalue weighted by Crippen LogP contribution is -2.49. The molecule has 0 spiro atoms. The van der Waals surface area contributed by atoms with Crippen LogP contribution in [0.3, 0.4) is 0 Å². The number of carboxylic acid groups (broad SMARTS) is 1. The average Bonchev–Trinajstić information content (AvgIpc) is 2.31. The zero-order chi connectivity index (χ0) is 14.3. The van der Waals surface area contributed by atoms with Crippen LogP contribution in [0.4, 0.5) is 4.79 Å². The van der Waals surface area contributed by atoms with Crippen molar-refractivity contribution in [3.8, 4) is 0 Å². The number of aliphatic carboxylic acids is 1. The molecule has 0 aromatic heterocycles. The molecule has 7 nitrogen and oxygen atoms in total. The summed E-state index contributed by atoms with van der Waals surface area (Å²) >= 11 is 0. The van der Waals surface area contributed by atoms with E-state index >= 15 is 0 Å². The Hall–Kier alpha value is -1.63. The third kappa shape index (κ3) is 5.69. The molecule has 0 bridgehead atoms. The van der Waals surface area contributed by atoms with Crippen LogP contribution in [0.5, 0.6) is 0 Å². The molecule has 1 fully saturated rings. The van der Waals surface area contributed by atoms with Gasteiger partial charge in [-0.25, -0.2) is 4.79 Å². The lowest BCUT2D eigenvalue weighted by Gasteiger charge is -2.34. The molecule has 3 N–H and O–H groups in total. The molecule has 1 heterocycles. The second-order valence-electron chi connectivity index (χ2n) is 4.63. The number of carbonyl (C=O) groups is 3. The van der Waals surface area contributed by atoms with Crippen LogP contribution in [0.2, 0.25) is 0 Å². The molecule has 1 aliphatic heterocycles. The molecule has 19 heavy (non-hydrogen) atoms. The van der Waals surface area contributed by atoms with E-state index in [-0.39, 0.29) is 19.0 Å². The monoisotopic (exact) mass is 271 g/mol. The number of hydrogen-bond acceptors (Lipinski definition) is 4. The molecule has 0 saturated carbocycles. The number of nitrogens with one attached hydrogen (secondary N) is 2. The third-order valence-corrected chi connectivity index (χ3v) is 3.10. The van der Waals surface area contributed by atoms with Crippen LogP contribution in [-0.2, 0) is 9.59 Å². The van der Waals surface area contributed by atoms with Crippen molar-refractivity contribution < 1.29 is 19.5 Å². The van der Waals surface area contributed by atoms with Gasteiger partial charge in [0.15, 0.2) is 0 Å². The normalized spacial score (nSPS) is 19.7. The molecular weight excluding hydrogens is 250 g/mol. The second kappa shape index (κ2) is 7.73. The standard InChI is InChI=1S/C12H21N3O4/c1-2-13-12(19)14-10(16)8-15-6-4-3-5-9(15)7-11(17)18/h9H,2-8H2,1H3,(H,17,18)(H2,13,14,16,19). The van der Waals surface area contributed by atoms with E-state index in [0.717, 1.165) is 19.3 Å². The fourth-order valence-corrected chi connectivity index (χ4v) is 2.26. The molecule has 1 aliphatic rings. The maximum atomic E-state index is 11.7. The van der Waals surface area contributed by atoms with E-state index in [2.05, 4.69) is 10.6 Å². The van der Waals surface area contributed by atoms with Crippen LogP contribution in [0.25, 0.3) is 0 Å². The SMILES string of the molecule is CCNC(=O)NC(=O)CN1CCCCC1CC(=O)O. The van der Waals surface area contributed by atoms with E-state index < -0.39 is 17.9 Å². The van der Waals surface area contributed by atoms with Gasteiger partial charge in [-0.2, -0.15) is 0 Å². The molecule has 1 saturated heterocycles. The van der Waals surface area contributed by atoms with Gasteiger partial charge >= 0.3 is 12.0 Å². The highest BCUT2D eigenvalue weighted by Gasteiger charge is 2.26. The zero-order valence-electron chi connectivity index (χ0n) is 11.1. The Bertz CT molecular complexity index is 346. The summed E-state index contributed by atoms with van der Waals surface area (Å²) < 4.78 is 0. The number of nitrogens with zero attached hydrogens (tertiary/aromatic N) is 1. The minimum absolute atomic E-state index is 0.0361. The summed E-state index contributed by atoms with van der Waals surface area (Å²) in [5.74, 6) is -1.26. The van der Waals surface area contributed by atoms with Crippen LogP contribution in [0.15, 0.2) is 0 Å². The molecule has 1 unspecified atom stereocenters. The Labute approximate surface area is 112 Å². The van der Waals surface area contributed by atoms with Crippen molar-refractivity contribution in [3.05, 3.63) is 0 Å². The molecule has 7 heteroatoms. The Kier molecular flexibility index (Phi) is 6.27. The topological polar surface area (TPSA) is 98.7 Å². The lowest BCUT2D eigenvalue weighted by atomic mass is 9.99. The molecule has 3 amide bonds. The quantitative estimate of drug-likeness (QED) is 0.661. The van der Waals surface area contributed by atoms with Crippen molar-refractivity contribution >= 4 is 17.9 Å². The van der Waals surface area contributed by atoms with Crippen LogP contribution in [0, 0.1) is 0 Å². The van der Waals surface area contributed by atoms with Gasteiger partial charge in [0.05, 0.1) is 13.0 Å². The number of piperidine rings is 1. The molecule has 108 valence electrons. The number of hydrogen-bond donors (Lipinski definition) is 3. The molecular formula is C12H21N3O4. The minimum Gasteiger partial charge on any atom is -0.481 e. The van der Waals surface area contributed by atoms with E-state index in [1.54, 1.807) is 6.92 Å². The number of amides is 3. The first-order valence-electron chi connectivity index (χ1n) is 6.56. The molecule has 1 rings (SSSR count). The zero-order valence-corrected chi connectivity index (χ0v) is 11.1. The fourth-order valence-electron chi connectivity index (χ4n) is 2.26. The second-order valence-corrected chi connectivity index (χ2v) is 4.63. The molecule has 0 aromatic carbocycles. The predicted octanol–water partition coefficient (Wildman–Crippen LogP) is 0.161. The number of urea groups is 1. The van der Waals surface area contributed by atoms with Gasteiger partial charge in [0.25, 0.3) is 0 Å². The van der Waals surface area contributed by atoms with Gasteiger partial charge < -0.3 is 10.4 Å². The van der Waals surface area contributed by atoms with E-state index in [9.17, 15) is 14.4 Å². The smallest absolute Gasteiger partial charge is 0.321 e. The van der Waals surface area contributed by atoms with Crippen molar-refractivity contribution in [2.75, 3.05) is 19.6 Å². The first-order valence-corrected chi connectivity index (χ1v) is 6.56. The van der Waals surface area contributed by atoms with E-state index in [1.165, 1.54) is 0 Å². The van der Waals surface area contributed by atoms with Gasteiger partial charge in [0, 0.05) is 12.6 Å². The van der Waals surface area contributed by atoms with Gasteiger partial charge in [-0.05, 0) is 26.3 Å². The highest BCUT2D eigenvalue weighted by molar-refractivity contribution is 5.95. The predicted molar refractivity (Wildman–Crippen MR) is 68.7 cm³/mol. The summed E-state index contributed by atoms with van der Waals surface area (Å²) in [7, 11) is 0. The molecule has 1 atom stereocenters. The van der Waals surface area contributed by atoms with Crippen molar-refractivity contribution in [3.63, 3.8) is 0 Å². The number of imide groups is 1. The van der Waals surface area contributed by atoms with Gasteiger partial charge in [-0.15, -0.1) is 0 Å². The molecule has 0 aromatic rings. The summed E-state index contributed by atoms with van der Waals surface area (Å²) in [5.41, 5.74) is 0. The Balaban J connectivity index is 2.45. The summed E-state index contributed by atoms with van der Waals surface area (Å²) in [4.78, 5) is 35.5. The Morgan fingerprint density at radius 1 is 1.32 bits per heavy atom. The van der Waals surface area contributed by atoms with E-state index in [1.807, 2.05) is 4.90 Å². The van der Waals surface area contributed by atoms with Crippen molar-refractivity contribution in [2.45, 2.75) is 38.6 Å². The third-order valence-electron chi connectivity index (χ3n) is 3.10. The average molecular weight is 271 g/mol. The first-order chi connectivity index (χ1) is 9.02. The first kappa shape index (κ1) is 15.4. The number of likely N-dealkylation sites (tertiary alicyclic amines) is 1. The lowest BCUT2D eigenvalue weighted by molar-refractivity contribution is -0.139. The maximum Gasteiger partial charge on any atom is 0.321 e. The highest BCUT2D eigenvalue weighted by atomic mass is 16.4. The van der Waals surface area contributed by atoms with Crippen LogP contribution >= 0.6 is 0 Å². The number of rotatable bonds is 5. The van der Waals surface area contributed by atoms with Crippen LogP contribution < -0.4 is 10.6 Å². The molecule has 0 radical (unpaired) electrons. The maximum absolute atomic E-state index is 11.7. The fraction of sp³-hybridized carbons (Fsp3) is 0.750. The molecule has 0 aliphatic carbocycles. The van der Waals surface area contributed by atoms with Crippen LogP contribution in [0.1, 0.15) is 32.6 Å². The van der Waals surface area contributed by atoms with Crippen molar-refractivity contribution in [2.24, 2.45) is 0 Å². The van der Waals surface area contributed by atoms with Gasteiger partial charge in [-0.1, -0.05) is 6.42 Å². The summed E-state index contributed by atoms with van der Waals surface area (Å²) in [6.07, 6.45) is 2.74. The Morgan fingerprint density at radius 3 is 2.68 bits per heavy atom. The summed E-state index contributed by atoms with van der Waals surface area (Å²) in [6.45, 7) is 2.97. The highest BCUT2D eigenvalue weighted by Crippen LogP contribution is 2.19. The van der Waals surface area contributed by atoms with Crippen LogP contribution in [-0.4, -0.2) is 53.6 Å².